The Labute approximate surface area is 205 Å². The fraction of sp³-hybridized carbons (Fsp3) is 0.259. The Hall–Kier alpha value is -3.88. The van der Waals surface area contributed by atoms with Crippen molar-refractivity contribution >= 4 is 23.1 Å². The van der Waals surface area contributed by atoms with E-state index in [1.54, 1.807) is 30.3 Å². The van der Waals surface area contributed by atoms with E-state index in [1.165, 1.54) is 0 Å². The maximum Gasteiger partial charge on any atom is 0.278 e. The molecule has 4 N–H and O–H groups in total. The van der Waals surface area contributed by atoms with E-state index in [0.717, 1.165) is 24.3 Å². The molecular formula is C27H30N4O4. The van der Waals surface area contributed by atoms with Crippen molar-refractivity contribution in [1.82, 2.24) is 0 Å². The van der Waals surface area contributed by atoms with Crippen LogP contribution in [0.5, 0.6) is 5.75 Å². The van der Waals surface area contributed by atoms with Crippen LogP contribution in [0.3, 0.4) is 0 Å². The van der Waals surface area contributed by atoms with Gasteiger partial charge in [0.15, 0.2) is 0 Å². The molecule has 1 saturated heterocycles. The molecule has 3 aromatic carbocycles. The minimum Gasteiger partial charge on any atom is -0.491 e. The SMILES string of the molecule is NC(=NC(=O)c1ccc(N2CCOCC2)cc1)c1ccc(OCCOCc2ccccc2)cc1N. The van der Waals surface area contributed by atoms with Gasteiger partial charge in [-0.15, -0.1) is 0 Å². The highest BCUT2D eigenvalue weighted by molar-refractivity contribution is 6.11. The molecule has 0 bridgehead atoms. The van der Waals surface area contributed by atoms with Crippen LogP contribution in [0, 0.1) is 0 Å². The molecule has 0 saturated carbocycles. The summed E-state index contributed by atoms with van der Waals surface area (Å²) >= 11 is 0. The van der Waals surface area contributed by atoms with Crippen molar-refractivity contribution in [2.24, 2.45) is 10.7 Å². The molecule has 182 valence electrons. The molecule has 0 atom stereocenters. The van der Waals surface area contributed by atoms with E-state index in [9.17, 15) is 4.79 Å². The lowest BCUT2D eigenvalue weighted by atomic mass is 10.1. The summed E-state index contributed by atoms with van der Waals surface area (Å²) in [5.74, 6) is 0.223. The van der Waals surface area contributed by atoms with Gasteiger partial charge < -0.3 is 30.6 Å². The highest BCUT2D eigenvalue weighted by Crippen LogP contribution is 2.21. The molecule has 35 heavy (non-hydrogen) atoms. The molecule has 0 unspecified atom stereocenters. The van der Waals surface area contributed by atoms with E-state index < -0.39 is 5.91 Å². The number of carbonyl (C=O) groups excluding carboxylic acids is 1. The van der Waals surface area contributed by atoms with Crippen LogP contribution in [0.25, 0.3) is 0 Å². The maximum absolute atomic E-state index is 12.6. The molecular weight excluding hydrogens is 444 g/mol. The summed E-state index contributed by atoms with van der Waals surface area (Å²) in [6.45, 7) is 4.43. The van der Waals surface area contributed by atoms with E-state index in [2.05, 4.69) is 9.89 Å². The molecule has 0 radical (unpaired) electrons. The zero-order valence-electron chi connectivity index (χ0n) is 19.6. The van der Waals surface area contributed by atoms with Gasteiger partial charge in [0.05, 0.1) is 26.4 Å². The van der Waals surface area contributed by atoms with Gasteiger partial charge >= 0.3 is 0 Å². The van der Waals surface area contributed by atoms with Crippen LogP contribution >= 0.6 is 0 Å². The highest BCUT2D eigenvalue weighted by atomic mass is 16.5. The van der Waals surface area contributed by atoms with Crippen molar-refractivity contribution in [2.45, 2.75) is 6.61 Å². The smallest absolute Gasteiger partial charge is 0.278 e. The van der Waals surface area contributed by atoms with Crippen molar-refractivity contribution in [3.05, 3.63) is 89.5 Å². The van der Waals surface area contributed by atoms with Gasteiger partial charge in [0, 0.05) is 41.7 Å². The molecule has 1 aliphatic rings. The van der Waals surface area contributed by atoms with Crippen LogP contribution in [0.15, 0.2) is 77.8 Å². The first-order valence-corrected chi connectivity index (χ1v) is 11.6. The number of aliphatic imine (C=N–C) groups is 1. The van der Waals surface area contributed by atoms with Crippen LogP contribution in [0.4, 0.5) is 11.4 Å². The summed E-state index contributed by atoms with van der Waals surface area (Å²) in [6.07, 6.45) is 0. The largest absolute Gasteiger partial charge is 0.491 e. The Kier molecular flexibility index (Phi) is 8.32. The molecule has 1 aliphatic heterocycles. The van der Waals surface area contributed by atoms with Gasteiger partial charge in [-0.25, -0.2) is 0 Å². The molecule has 1 amide bonds. The average molecular weight is 475 g/mol. The number of benzene rings is 3. The third-order valence-corrected chi connectivity index (χ3v) is 5.62. The predicted octanol–water partition coefficient (Wildman–Crippen LogP) is 3.25. The minimum absolute atomic E-state index is 0.0579. The number of carbonyl (C=O) groups is 1. The number of hydrogen-bond donors (Lipinski definition) is 2. The van der Waals surface area contributed by atoms with E-state index in [0.29, 0.717) is 55.6 Å². The van der Waals surface area contributed by atoms with Crippen molar-refractivity contribution < 1.29 is 19.0 Å². The van der Waals surface area contributed by atoms with E-state index in [1.807, 2.05) is 42.5 Å². The standard InChI is InChI=1S/C27H30N4O4/c28-25-18-23(35-17-16-34-19-20-4-2-1-3-5-20)10-11-24(25)26(29)30-27(32)21-6-8-22(9-7-21)31-12-14-33-15-13-31/h1-11,18H,12-17,19,28H2,(H2,29,30,32). The lowest BCUT2D eigenvalue weighted by Crippen LogP contribution is -2.36. The third-order valence-electron chi connectivity index (χ3n) is 5.62. The first-order valence-electron chi connectivity index (χ1n) is 11.6. The summed E-state index contributed by atoms with van der Waals surface area (Å²) in [4.78, 5) is 18.9. The Bertz CT molecular complexity index is 1140. The number of nitrogens with two attached hydrogens (primary N) is 2. The highest BCUT2D eigenvalue weighted by Gasteiger charge is 2.13. The van der Waals surface area contributed by atoms with Gasteiger partial charge in [-0.1, -0.05) is 30.3 Å². The molecule has 8 heteroatoms. The van der Waals surface area contributed by atoms with Crippen LogP contribution in [0.2, 0.25) is 0 Å². The lowest BCUT2D eigenvalue weighted by molar-refractivity contribution is 0.0889. The van der Waals surface area contributed by atoms with Gasteiger partial charge in [0.25, 0.3) is 5.91 Å². The Balaban J connectivity index is 1.30. The fourth-order valence-electron chi connectivity index (χ4n) is 3.72. The monoisotopic (exact) mass is 474 g/mol. The molecule has 1 heterocycles. The van der Waals surface area contributed by atoms with Gasteiger partial charge in [-0.2, -0.15) is 4.99 Å². The molecule has 1 fully saturated rings. The average Bonchev–Trinajstić information content (AvgIpc) is 2.89. The van der Waals surface area contributed by atoms with Gasteiger partial charge in [0.2, 0.25) is 0 Å². The zero-order valence-corrected chi connectivity index (χ0v) is 19.6. The molecule has 4 rings (SSSR count). The summed E-state index contributed by atoms with van der Waals surface area (Å²) in [6, 6.07) is 22.4. The van der Waals surface area contributed by atoms with Crippen LogP contribution in [0.1, 0.15) is 21.5 Å². The molecule has 0 spiro atoms. The summed E-state index contributed by atoms with van der Waals surface area (Å²) in [5, 5.41) is 0. The number of nitrogens with zero attached hydrogens (tertiary/aromatic N) is 2. The van der Waals surface area contributed by atoms with Crippen LogP contribution < -0.4 is 21.1 Å². The maximum atomic E-state index is 12.6. The molecule has 0 aromatic heterocycles. The summed E-state index contributed by atoms with van der Waals surface area (Å²) < 4.78 is 16.7. The number of anilines is 2. The Morgan fingerprint density at radius 3 is 2.43 bits per heavy atom. The van der Waals surface area contributed by atoms with E-state index in [4.69, 9.17) is 25.7 Å². The number of nitrogen functional groups attached to an aromatic ring is 1. The number of hydrogen-bond acceptors (Lipinski definition) is 6. The van der Waals surface area contributed by atoms with Gasteiger partial charge in [-0.3, -0.25) is 4.79 Å². The Morgan fingerprint density at radius 1 is 0.971 bits per heavy atom. The van der Waals surface area contributed by atoms with Crippen LogP contribution in [-0.2, 0) is 16.1 Å². The van der Waals surface area contributed by atoms with Crippen molar-refractivity contribution in [3.8, 4) is 5.75 Å². The van der Waals surface area contributed by atoms with Crippen molar-refractivity contribution in [2.75, 3.05) is 50.2 Å². The fourth-order valence-corrected chi connectivity index (χ4v) is 3.72. The first kappa shape index (κ1) is 24.3. The topological polar surface area (TPSA) is 112 Å². The van der Waals surface area contributed by atoms with Crippen molar-refractivity contribution in [1.29, 1.82) is 0 Å². The third kappa shape index (κ3) is 6.81. The quantitative estimate of drug-likeness (QED) is 0.212. The number of rotatable bonds is 9. The Morgan fingerprint density at radius 2 is 1.71 bits per heavy atom. The van der Waals surface area contributed by atoms with Crippen molar-refractivity contribution in [3.63, 3.8) is 0 Å². The summed E-state index contributed by atoms with van der Waals surface area (Å²) in [7, 11) is 0. The predicted molar refractivity (Wildman–Crippen MR) is 137 cm³/mol. The van der Waals surface area contributed by atoms with E-state index >= 15 is 0 Å². The second kappa shape index (κ2) is 12.0. The minimum atomic E-state index is -0.425. The number of morpholine rings is 1. The number of ether oxygens (including phenoxy) is 3. The lowest BCUT2D eigenvalue weighted by Gasteiger charge is -2.28. The molecule has 0 aliphatic carbocycles. The summed E-state index contributed by atoms with van der Waals surface area (Å²) in [5.41, 5.74) is 15.7. The van der Waals surface area contributed by atoms with E-state index in [-0.39, 0.29) is 5.84 Å². The second-order valence-corrected chi connectivity index (χ2v) is 8.08. The zero-order chi connectivity index (χ0) is 24.5. The van der Waals surface area contributed by atoms with Crippen LogP contribution in [-0.4, -0.2) is 51.3 Å². The van der Waals surface area contributed by atoms with Gasteiger partial charge in [0.1, 0.15) is 18.2 Å². The molecule has 3 aromatic rings. The first-order chi connectivity index (χ1) is 17.1. The van der Waals surface area contributed by atoms with Gasteiger partial charge in [-0.05, 0) is 42.0 Å². The molecule has 8 nitrogen and oxygen atoms in total. The number of amides is 1. The normalized spacial score (nSPS) is 14.1. The number of amidine groups is 1. The second-order valence-electron chi connectivity index (χ2n) is 8.08.